The summed E-state index contributed by atoms with van der Waals surface area (Å²) in [4.78, 5) is 11.0. The van der Waals surface area contributed by atoms with Crippen LogP contribution in [0.4, 0.5) is 0 Å². The van der Waals surface area contributed by atoms with Gasteiger partial charge in [0.05, 0.1) is 6.10 Å². The quantitative estimate of drug-likeness (QED) is 0.628. The first kappa shape index (κ1) is 8.77. The Balaban J connectivity index is 2.37. The van der Waals surface area contributed by atoms with E-state index in [4.69, 9.17) is 4.74 Å². The molecule has 0 saturated carbocycles. The fourth-order valence-corrected chi connectivity index (χ4v) is 0.826. The second-order valence-corrected chi connectivity index (χ2v) is 2.74. The predicted octanol–water partition coefficient (Wildman–Crippen LogP) is 0.835. The first-order valence-corrected chi connectivity index (χ1v) is 3.85. The third-order valence-corrected chi connectivity index (χ3v) is 1.22. The normalized spacial score (nSPS) is 10.2. The molecule has 0 bridgehead atoms. The van der Waals surface area contributed by atoms with Crippen LogP contribution in [0.1, 0.15) is 13.8 Å². The highest BCUT2D eigenvalue weighted by Gasteiger charge is 2.05. The third kappa shape index (κ3) is 2.74. The van der Waals surface area contributed by atoms with Crippen molar-refractivity contribution >= 4 is 5.97 Å². The molecule has 4 nitrogen and oxygen atoms in total. The summed E-state index contributed by atoms with van der Waals surface area (Å²) in [5.74, 6) is -0.256. The minimum atomic E-state index is -0.256. The summed E-state index contributed by atoms with van der Waals surface area (Å²) in [5.41, 5.74) is 0. The molecule has 0 aromatic carbocycles. The Labute approximate surface area is 71.1 Å². The van der Waals surface area contributed by atoms with Crippen molar-refractivity contribution in [2.75, 3.05) is 0 Å². The molecule has 0 amide bonds. The van der Waals surface area contributed by atoms with Crippen molar-refractivity contribution in [3.8, 4) is 0 Å². The zero-order valence-corrected chi connectivity index (χ0v) is 7.23. The molecule has 0 saturated heterocycles. The number of nitrogens with zero attached hydrogens (tertiary/aromatic N) is 2. The van der Waals surface area contributed by atoms with Gasteiger partial charge in [0.15, 0.2) is 0 Å². The molecule has 0 fully saturated rings. The molecule has 0 radical (unpaired) electrons. The van der Waals surface area contributed by atoms with Crippen LogP contribution in [-0.4, -0.2) is 21.9 Å². The second-order valence-electron chi connectivity index (χ2n) is 2.74. The van der Waals surface area contributed by atoms with Crippen molar-refractivity contribution in [2.24, 2.45) is 0 Å². The topological polar surface area (TPSA) is 44.1 Å². The Morgan fingerprint density at radius 1 is 1.67 bits per heavy atom. The van der Waals surface area contributed by atoms with Gasteiger partial charge >= 0.3 is 5.97 Å². The number of rotatable bonds is 3. The second kappa shape index (κ2) is 3.90. The monoisotopic (exact) mass is 168 g/mol. The summed E-state index contributed by atoms with van der Waals surface area (Å²) in [6.45, 7) is 3.83. The molecule has 66 valence electrons. The number of hydrogen-bond donors (Lipinski definition) is 0. The number of carbonyl (C=O) groups is 1. The summed E-state index contributed by atoms with van der Waals surface area (Å²) < 4.78 is 6.46. The van der Waals surface area contributed by atoms with Gasteiger partial charge in [-0.15, -0.1) is 0 Å². The average molecular weight is 168 g/mol. The van der Waals surface area contributed by atoms with E-state index < -0.39 is 0 Å². The molecule has 1 aromatic rings. The number of ether oxygens (including phenoxy) is 1. The Kier molecular flexibility index (Phi) is 2.85. The van der Waals surface area contributed by atoms with E-state index in [0.717, 1.165) is 0 Å². The number of esters is 1. The van der Waals surface area contributed by atoms with Gasteiger partial charge in [0, 0.05) is 12.4 Å². The van der Waals surface area contributed by atoms with Crippen molar-refractivity contribution < 1.29 is 9.53 Å². The lowest BCUT2D eigenvalue weighted by atomic mass is 10.5. The predicted molar refractivity (Wildman–Crippen MR) is 43.5 cm³/mol. The van der Waals surface area contributed by atoms with Crippen LogP contribution in [0.25, 0.3) is 0 Å². The van der Waals surface area contributed by atoms with Crippen LogP contribution in [0.15, 0.2) is 18.5 Å². The van der Waals surface area contributed by atoms with Crippen molar-refractivity contribution in [1.29, 1.82) is 0 Å². The molecule has 1 heterocycles. The first-order chi connectivity index (χ1) is 5.68. The molecule has 1 rings (SSSR count). The van der Waals surface area contributed by atoms with Gasteiger partial charge in [0.2, 0.25) is 0 Å². The zero-order chi connectivity index (χ0) is 8.97. The van der Waals surface area contributed by atoms with Crippen molar-refractivity contribution in [3.05, 3.63) is 18.5 Å². The van der Waals surface area contributed by atoms with E-state index in [0.29, 0.717) is 0 Å². The Bertz CT molecular complexity index is 242. The van der Waals surface area contributed by atoms with Crippen LogP contribution in [0.2, 0.25) is 0 Å². The zero-order valence-electron chi connectivity index (χ0n) is 7.23. The van der Waals surface area contributed by atoms with E-state index in [1.54, 1.807) is 18.5 Å². The third-order valence-electron chi connectivity index (χ3n) is 1.22. The molecule has 12 heavy (non-hydrogen) atoms. The lowest BCUT2D eigenvalue weighted by Crippen LogP contribution is -2.17. The van der Waals surface area contributed by atoms with Gasteiger partial charge in [-0.25, -0.2) is 0 Å². The SMILES string of the molecule is CC(C)OC(=O)Cn1cccn1. The summed E-state index contributed by atoms with van der Waals surface area (Å²) in [6.07, 6.45) is 3.29. The van der Waals surface area contributed by atoms with Gasteiger partial charge < -0.3 is 4.74 Å². The minimum absolute atomic E-state index is 0.0620. The highest BCUT2D eigenvalue weighted by molar-refractivity contribution is 5.69. The highest BCUT2D eigenvalue weighted by atomic mass is 16.5. The van der Waals surface area contributed by atoms with Crippen LogP contribution in [0.3, 0.4) is 0 Å². The molecule has 4 heteroatoms. The van der Waals surface area contributed by atoms with Crippen LogP contribution < -0.4 is 0 Å². The van der Waals surface area contributed by atoms with Crippen LogP contribution in [0, 0.1) is 0 Å². The highest BCUT2D eigenvalue weighted by Crippen LogP contribution is 1.92. The molecule has 0 spiro atoms. The van der Waals surface area contributed by atoms with E-state index in [-0.39, 0.29) is 18.6 Å². The molecule has 0 atom stereocenters. The molecule has 0 aliphatic heterocycles. The smallest absolute Gasteiger partial charge is 0.328 e. The fourth-order valence-electron chi connectivity index (χ4n) is 0.826. The molecular formula is C8H12N2O2. The first-order valence-electron chi connectivity index (χ1n) is 3.85. The van der Waals surface area contributed by atoms with Gasteiger partial charge in [-0.1, -0.05) is 0 Å². The van der Waals surface area contributed by atoms with Crippen LogP contribution in [-0.2, 0) is 16.1 Å². The minimum Gasteiger partial charge on any atom is -0.462 e. The summed E-state index contributed by atoms with van der Waals surface area (Å²) in [5, 5.41) is 3.88. The molecule has 0 aliphatic carbocycles. The molecule has 0 N–H and O–H groups in total. The van der Waals surface area contributed by atoms with Gasteiger partial charge in [0.1, 0.15) is 6.54 Å². The lowest BCUT2D eigenvalue weighted by Gasteiger charge is -2.07. The maximum atomic E-state index is 11.0. The Morgan fingerprint density at radius 3 is 2.92 bits per heavy atom. The van der Waals surface area contributed by atoms with Crippen molar-refractivity contribution in [3.63, 3.8) is 0 Å². The van der Waals surface area contributed by atoms with Gasteiger partial charge in [-0.3, -0.25) is 9.48 Å². The number of aromatic nitrogens is 2. The van der Waals surface area contributed by atoms with Crippen LogP contribution in [0.5, 0.6) is 0 Å². The maximum absolute atomic E-state index is 11.0. The molecule has 0 unspecified atom stereocenters. The van der Waals surface area contributed by atoms with E-state index in [9.17, 15) is 4.79 Å². The van der Waals surface area contributed by atoms with E-state index in [2.05, 4.69) is 5.10 Å². The molecule has 1 aromatic heterocycles. The number of hydrogen-bond acceptors (Lipinski definition) is 3. The maximum Gasteiger partial charge on any atom is 0.328 e. The molecule has 0 aliphatic rings. The van der Waals surface area contributed by atoms with Gasteiger partial charge in [0.25, 0.3) is 0 Å². The summed E-state index contributed by atoms with van der Waals surface area (Å²) in [6, 6.07) is 1.77. The van der Waals surface area contributed by atoms with E-state index in [1.807, 2.05) is 13.8 Å². The van der Waals surface area contributed by atoms with Crippen molar-refractivity contribution in [1.82, 2.24) is 9.78 Å². The standard InChI is InChI=1S/C8H12N2O2/c1-7(2)12-8(11)6-10-5-3-4-9-10/h3-5,7H,6H2,1-2H3. The average Bonchev–Trinajstić information content (AvgIpc) is 2.37. The van der Waals surface area contributed by atoms with E-state index in [1.165, 1.54) is 4.68 Å². The van der Waals surface area contributed by atoms with Crippen molar-refractivity contribution in [2.45, 2.75) is 26.5 Å². The Hall–Kier alpha value is -1.32. The Morgan fingerprint density at radius 2 is 2.42 bits per heavy atom. The van der Waals surface area contributed by atoms with Gasteiger partial charge in [-0.2, -0.15) is 5.10 Å². The van der Waals surface area contributed by atoms with Crippen LogP contribution >= 0.6 is 0 Å². The number of carbonyl (C=O) groups excluding carboxylic acids is 1. The molecular weight excluding hydrogens is 156 g/mol. The van der Waals surface area contributed by atoms with E-state index >= 15 is 0 Å². The van der Waals surface area contributed by atoms with Gasteiger partial charge in [-0.05, 0) is 19.9 Å². The summed E-state index contributed by atoms with van der Waals surface area (Å²) in [7, 11) is 0. The lowest BCUT2D eigenvalue weighted by molar-refractivity contribution is -0.148. The summed E-state index contributed by atoms with van der Waals surface area (Å²) >= 11 is 0. The largest absolute Gasteiger partial charge is 0.462 e. The fraction of sp³-hybridized carbons (Fsp3) is 0.500.